The van der Waals surface area contributed by atoms with Gasteiger partial charge in [-0.3, -0.25) is 0 Å². The van der Waals surface area contributed by atoms with Gasteiger partial charge in [-0.1, -0.05) is 28.1 Å². The molecule has 5 nitrogen and oxygen atoms in total. The lowest BCUT2D eigenvalue weighted by atomic mass is 10.1. The number of rotatable bonds is 4. The number of hydrogen-bond donors (Lipinski definition) is 1. The largest absolute Gasteiger partial charge is 0.344 e. The van der Waals surface area contributed by atoms with Crippen molar-refractivity contribution >= 4 is 32.0 Å². The van der Waals surface area contributed by atoms with Crippen LogP contribution in [0.3, 0.4) is 0 Å². The first-order valence-corrected chi connectivity index (χ1v) is 7.32. The Morgan fingerprint density at radius 1 is 1.41 bits per heavy atom. The van der Waals surface area contributed by atoms with E-state index in [2.05, 4.69) is 20.1 Å². The Labute approximate surface area is 108 Å². The van der Waals surface area contributed by atoms with Crippen molar-refractivity contribution in [3.8, 4) is 0 Å². The van der Waals surface area contributed by atoms with Crippen LogP contribution in [0.4, 0.5) is 0 Å². The topological polar surface area (TPSA) is 86.5 Å². The average molecular weight is 322 g/mol. The van der Waals surface area contributed by atoms with Crippen molar-refractivity contribution in [3.05, 3.63) is 34.3 Å². The highest BCUT2D eigenvalue weighted by Gasteiger charge is 2.19. The summed E-state index contributed by atoms with van der Waals surface area (Å²) in [5.74, 6) is -0.949. The minimum atomic E-state index is -3.80. The van der Waals surface area contributed by atoms with Crippen molar-refractivity contribution in [1.29, 1.82) is 0 Å². The first kappa shape index (κ1) is 14.1. The van der Waals surface area contributed by atoms with Crippen molar-refractivity contribution in [2.45, 2.75) is 12.5 Å². The molecule has 0 aliphatic rings. The summed E-state index contributed by atoms with van der Waals surface area (Å²) >= 11 is 3.28. The van der Waals surface area contributed by atoms with E-state index in [0.717, 1.165) is 16.3 Å². The zero-order chi connectivity index (χ0) is 13.1. The predicted molar refractivity (Wildman–Crippen MR) is 66.8 cm³/mol. The van der Waals surface area contributed by atoms with E-state index in [1.54, 1.807) is 12.1 Å². The van der Waals surface area contributed by atoms with Crippen LogP contribution < -0.4 is 5.73 Å². The molecule has 0 saturated heterocycles. The number of carbonyl (C=O) groups excluding carboxylic acids is 1. The second kappa shape index (κ2) is 5.61. The molecule has 1 aromatic rings. The zero-order valence-corrected chi connectivity index (χ0v) is 11.5. The van der Waals surface area contributed by atoms with Gasteiger partial charge >= 0.3 is 16.1 Å². The van der Waals surface area contributed by atoms with Gasteiger partial charge < -0.3 is 9.92 Å². The average Bonchev–Trinajstić information content (AvgIpc) is 2.19. The van der Waals surface area contributed by atoms with Crippen LogP contribution >= 0.6 is 15.9 Å². The Balaban J connectivity index is 2.63. The summed E-state index contributed by atoms with van der Waals surface area (Å²) in [6.07, 6.45) is 1.03. The zero-order valence-electron chi connectivity index (χ0n) is 9.09. The van der Waals surface area contributed by atoms with E-state index < -0.39 is 22.1 Å². The third-order valence-corrected chi connectivity index (χ3v) is 2.90. The Kier molecular flexibility index (Phi) is 4.67. The normalized spacial score (nSPS) is 13.1. The molecule has 1 aromatic carbocycles. The first-order valence-electron chi connectivity index (χ1n) is 4.71. The molecule has 94 valence electrons. The van der Waals surface area contributed by atoms with Gasteiger partial charge in [0.2, 0.25) is 0 Å². The van der Waals surface area contributed by atoms with Crippen LogP contribution in [0.5, 0.6) is 0 Å². The minimum absolute atomic E-state index is 0.224. The highest BCUT2D eigenvalue weighted by atomic mass is 79.9. The van der Waals surface area contributed by atoms with Crippen molar-refractivity contribution in [2.24, 2.45) is 5.73 Å². The van der Waals surface area contributed by atoms with Gasteiger partial charge in [-0.05, 0) is 24.1 Å². The summed E-state index contributed by atoms with van der Waals surface area (Å²) in [7, 11) is -3.80. The van der Waals surface area contributed by atoms with Crippen LogP contribution in [0.15, 0.2) is 28.7 Å². The third-order valence-electron chi connectivity index (χ3n) is 1.91. The van der Waals surface area contributed by atoms with E-state index in [-0.39, 0.29) is 6.42 Å². The van der Waals surface area contributed by atoms with Crippen molar-refractivity contribution in [3.63, 3.8) is 0 Å². The standard InChI is InChI=1S/C10H12BrNO4S/c1-17(14,15)16-10(13)9(12)6-7-2-4-8(11)5-3-7/h2-5,9H,6,12H2,1H3/t9-/m0/s1. The molecule has 17 heavy (non-hydrogen) atoms. The van der Waals surface area contributed by atoms with E-state index in [1.165, 1.54) is 0 Å². The molecule has 2 N–H and O–H groups in total. The van der Waals surface area contributed by atoms with Crippen LogP contribution in [-0.2, 0) is 25.5 Å². The molecule has 0 heterocycles. The van der Waals surface area contributed by atoms with E-state index >= 15 is 0 Å². The maximum Gasteiger partial charge on any atom is 0.339 e. The number of carbonyl (C=O) groups is 1. The SMILES string of the molecule is CS(=O)(=O)OC(=O)[C@@H](N)Cc1ccc(Br)cc1. The van der Waals surface area contributed by atoms with Crippen LogP contribution in [0.1, 0.15) is 5.56 Å². The van der Waals surface area contributed by atoms with Gasteiger partial charge in [-0.15, -0.1) is 0 Å². The molecule has 7 heteroatoms. The molecule has 1 atom stereocenters. The van der Waals surface area contributed by atoms with Crippen LogP contribution in [0.2, 0.25) is 0 Å². The van der Waals surface area contributed by atoms with Crippen LogP contribution in [0.25, 0.3) is 0 Å². The highest BCUT2D eigenvalue weighted by Crippen LogP contribution is 2.12. The second-order valence-electron chi connectivity index (χ2n) is 3.54. The molecule has 0 unspecified atom stereocenters. The van der Waals surface area contributed by atoms with Gasteiger partial charge in [0.15, 0.2) is 0 Å². The maximum atomic E-state index is 11.3. The third kappa shape index (κ3) is 5.29. The van der Waals surface area contributed by atoms with Gasteiger partial charge in [0.25, 0.3) is 0 Å². The molecule has 0 bridgehead atoms. The second-order valence-corrected chi connectivity index (χ2v) is 6.03. The molecule has 0 radical (unpaired) electrons. The Morgan fingerprint density at radius 3 is 2.41 bits per heavy atom. The molecule has 1 rings (SSSR count). The summed E-state index contributed by atoms with van der Waals surface area (Å²) in [5.41, 5.74) is 6.37. The molecule has 0 saturated carbocycles. The molecular weight excluding hydrogens is 310 g/mol. The van der Waals surface area contributed by atoms with E-state index in [4.69, 9.17) is 5.73 Å². The van der Waals surface area contributed by atoms with Crippen LogP contribution in [-0.4, -0.2) is 26.7 Å². The summed E-state index contributed by atoms with van der Waals surface area (Å²) in [6, 6.07) is 6.20. The highest BCUT2D eigenvalue weighted by molar-refractivity contribution is 9.10. The molecule has 0 spiro atoms. The fourth-order valence-electron chi connectivity index (χ4n) is 1.17. The molecule has 0 aliphatic heterocycles. The number of halogens is 1. The minimum Gasteiger partial charge on any atom is -0.344 e. The molecule has 0 aromatic heterocycles. The fraction of sp³-hybridized carbons (Fsp3) is 0.300. The lowest BCUT2D eigenvalue weighted by Crippen LogP contribution is -2.35. The van der Waals surface area contributed by atoms with Crippen LogP contribution in [0, 0.1) is 0 Å². The van der Waals surface area contributed by atoms with Gasteiger partial charge in [-0.2, -0.15) is 8.42 Å². The quantitative estimate of drug-likeness (QED) is 0.830. The number of nitrogens with two attached hydrogens (primary N) is 1. The van der Waals surface area contributed by atoms with E-state index in [9.17, 15) is 13.2 Å². The molecule has 0 amide bonds. The monoisotopic (exact) mass is 321 g/mol. The van der Waals surface area contributed by atoms with E-state index in [0.29, 0.717) is 0 Å². The predicted octanol–water partition coefficient (Wildman–Crippen LogP) is 0.822. The van der Waals surface area contributed by atoms with Gasteiger partial charge in [-0.25, -0.2) is 4.79 Å². The number of hydrogen-bond acceptors (Lipinski definition) is 5. The van der Waals surface area contributed by atoms with Gasteiger partial charge in [0, 0.05) is 4.47 Å². The maximum absolute atomic E-state index is 11.3. The summed E-state index contributed by atoms with van der Waals surface area (Å²) in [6.45, 7) is 0. The lowest BCUT2D eigenvalue weighted by molar-refractivity contribution is -0.135. The van der Waals surface area contributed by atoms with Gasteiger partial charge in [0.1, 0.15) is 6.04 Å². The van der Waals surface area contributed by atoms with E-state index in [1.807, 2.05) is 12.1 Å². The smallest absolute Gasteiger partial charge is 0.339 e. The van der Waals surface area contributed by atoms with Crippen molar-refractivity contribution in [2.75, 3.05) is 6.26 Å². The fourth-order valence-corrected chi connectivity index (χ4v) is 1.86. The molecule has 0 aliphatic carbocycles. The Bertz CT molecular complexity index is 498. The molecular formula is C10H12BrNO4S. The lowest BCUT2D eigenvalue weighted by Gasteiger charge is -2.09. The first-order chi connectivity index (χ1) is 7.78. The van der Waals surface area contributed by atoms with Crippen molar-refractivity contribution in [1.82, 2.24) is 0 Å². The number of benzene rings is 1. The molecule has 0 fully saturated rings. The Morgan fingerprint density at radius 2 is 1.94 bits per heavy atom. The Hall–Kier alpha value is -0.920. The van der Waals surface area contributed by atoms with Crippen molar-refractivity contribution < 1.29 is 17.4 Å². The van der Waals surface area contributed by atoms with Gasteiger partial charge in [0.05, 0.1) is 6.26 Å². The summed E-state index contributed by atoms with van der Waals surface area (Å²) in [4.78, 5) is 11.3. The summed E-state index contributed by atoms with van der Waals surface area (Å²) < 4.78 is 26.6. The summed E-state index contributed by atoms with van der Waals surface area (Å²) in [5, 5.41) is 0.